The Morgan fingerprint density at radius 1 is 1.33 bits per heavy atom. The van der Waals surface area contributed by atoms with Crippen molar-refractivity contribution >= 4 is 11.6 Å². The van der Waals surface area contributed by atoms with Gasteiger partial charge in [-0.1, -0.05) is 19.3 Å². The summed E-state index contributed by atoms with van der Waals surface area (Å²) in [5, 5.41) is 3.42. The third-order valence-electron chi connectivity index (χ3n) is 3.76. The van der Waals surface area contributed by atoms with E-state index in [0.29, 0.717) is 29.3 Å². The third kappa shape index (κ3) is 2.83. The van der Waals surface area contributed by atoms with E-state index in [0.717, 1.165) is 0 Å². The van der Waals surface area contributed by atoms with Crippen LogP contribution in [0.2, 0.25) is 0 Å². The summed E-state index contributed by atoms with van der Waals surface area (Å²) in [4.78, 5) is 8.15. The summed E-state index contributed by atoms with van der Waals surface area (Å²) in [6.07, 6.45) is 8.08. The average molecular weight is 250 g/mol. The second-order valence-corrected chi connectivity index (χ2v) is 4.97. The topological polar surface area (TPSA) is 73.1 Å². The van der Waals surface area contributed by atoms with Crippen molar-refractivity contribution in [1.82, 2.24) is 9.97 Å². The van der Waals surface area contributed by atoms with Gasteiger partial charge in [0.2, 0.25) is 5.75 Å². The maximum atomic E-state index is 5.77. The molecule has 1 aliphatic rings. The molecule has 1 aromatic heterocycles. The van der Waals surface area contributed by atoms with Crippen molar-refractivity contribution in [2.75, 3.05) is 18.2 Å². The van der Waals surface area contributed by atoms with Crippen LogP contribution in [0.3, 0.4) is 0 Å². The SMILES string of the molecule is COc1c(N)ncnc1NC(C)C1CCCCC1. The number of ether oxygens (including phenoxy) is 1. The van der Waals surface area contributed by atoms with Gasteiger partial charge in [-0.3, -0.25) is 0 Å². The molecule has 1 unspecified atom stereocenters. The number of nitrogens with two attached hydrogens (primary N) is 1. The number of methoxy groups -OCH3 is 1. The molecule has 0 aliphatic heterocycles. The van der Waals surface area contributed by atoms with Gasteiger partial charge in [0.1, 0.15) is 6.33 Å². The van der Waals surface area contributed by atoms with E-state index >= 15 is 0 Å². The maximum Gasteiger partial charge on any atom is 0.203 e. The number of rotatable bonds is 4. The van der Waals surface area contributed by atoms with Gasteiger partial charge in [-0.05, 0) is 25.7 Å². The minimum atomic E-state index is 0.380. The summed E-state index contributed by atoms with van der Waals surface area (Å²) < 4.78 is 5.25. The minimum absolute atomic E-state index is 0.380. The quantitative estimate of drug-likeness (QED) is 0.858. The average Bonchev–Trinajstić information content (AvgIpc) is 2.40. The number of anilines is 2. The molecule has 3 N–H and O–H groups in total. The number of hydrogen-bond donors (Lipinski definition) is 2. The monoisotopic (exact) mass is 250 g/mol. The number of nitrogens with zero attached hydrogens (tertiary/aromatic N) is 2. The third-order valence-corrected chi connectivity index (χ3v) is 3.76. The second-order valence-electron chi connectivity index (χ2n) is 4.97. The van der Waals surface area contributed by atoms with Crippen molar-refractivity contribution in [3.63, 3.8) is 0 Å². The van der Waals surface area contributed by atoms with E-state index in [2.05, 4.69) is 22.2 Å². The Kier molecular flexibility index (Phi) is 4.23. The van der Waals surface area contributed by atoms with E-state index < -0.39 is 0 Å². The van der Waals surface area contributed by atoms with Gasteiger partial charge >= 0.3 is 0 Å². The highest BCUT2D eigenvalue weighted by molar-refractivity contribution is 5.61. The van der Waals surface area contributed by atoms with E-state index in [4.69, 9.17) is 10.5 Å². The first kappa shape index (κ1) is 12.9. The fourth-order valence-corrected chi connectivity index (χ4v) is 2.66. The van der Waals surface area contributed by atoms with E-state index in [1.807, 2.05) is 0 Å². The molecule has 1 aromatic rings. The van der Waals surface area contributed by atoms with Crippen molar-refractivity contribution in [2.45, 2.75) is 45.1 Å². The minimum Gasteiger partial charge on any atom is -0.490 e. The Morgan fingerprint density at radius 3 is 2.72 bits per heavy atom. The number of nitrogens with one attached hydrogen (secondary N) is 1. The van der Waals surface area contributed by atoms with Gasteiger partial charge in [0.25, 0.3) is 0 Å². The maximum absolute atomic E-state index is 5.77. The summed E-state index contributed by atoms with van der Waals surface area (Å²) in [5.74, 6) is 2.33. The van der Waals surface area contributed by atoms with Gasteiger partial charge in [0.05, 0.1) is 7.11 Å². The van der Waals surface area contributed by atoms with E-state index in [-0.39, 0.29) is 0 Å². The van der Waals surface area contributed by atoms with Crippen LogP contribution in [0.1, 0.15) is 39.0 Å². The van der Waals surface area contributed by atoms with E-state index in [9.17, 15) is 0 Å². The highest BCUT2D eigenvalue weighted by Crippen LogP contribution is 2.31. The Hall–Kier alpha value is -1.52. The Labute approximate surface area is 108 Å². The molecule has 1 fully saturated rings. The fourth-order valence-electron chi connectivity index (χ4n) is 2.66. The Morgan fingerprint density at radius 2 is 2.06 bits per heavy atom. The summed E-state index contributed by atoms with van der Waals surface area (Å²) >= 11 is 0. The highest BCUT2D eigenvalue weighted by Gasteiger charge is 2.21. The molecule has 0 amide bonds. The zero-order valence-electron chi connectivity index (χ0n) is 11.1. The molecule has 1 saturated carbocycles. The number of nitrogen functional groups attached to an aromatic ring is 1. The first-order valence-electron chi connectivity index (χ1n) is 6.63. The van der Waals surface area contributed by atoms with Gasteiger partial charge in [-0.2, -0.15) is 0 Å². The van der Waals surface area contributed by atoms with Crippen LogP contribution in [0.4, 0.5) is 11.6 Å². The van der Waals surface area contributed by atoms with Crippen LogP contribution in [-0.2, 0) is 0 Å². The van der Waals surface area contributed by atoms with Gasteiger partial charge in [-0.15, -0.1) is 0 Å². The molecule has 0 radical (unpaired) electrons. The molecule has 100 valence electrons. The Balaban J connectivity index is 2.06. The lowest BCUT2D eigenvalue weighted by Gasteiger charge is -2.29. The number of hydrogen-bond acceptors (Lipinski definition) is 5. The van der Waals surface area contributed by atoms with Gasteiger partial charge in [-0.25, -0.2) is 9.97 Å². The molecule has 0 bridgehead atoms. The first-order chi connectivity index (χ1) is 8.72. The highest BCUT2D eigenvalue weighted by atomic mass is 16.5. The molecule has 18 heavy (non-hydrogen) atoms. The van der Waals surface area contributed by atoms with E-state index in [1.54, 1.807) is 7.11 Å². The van der Waals surface area contributed by atoms with Crippen molar-refractivity contribution in [1.29, 1.82) is 0 Å². The predicted molar refractivity (Wildman–Crippen MR) is 72.7 cm³/mol. The van der Waals surface area contributed by atoms with Crippen molar-refractivity contribution in [3.8, 4) is 5.75 Å². The lowest BCUT2D eigenvalue weighted by atomic mass is 9.84. The molecular weight excluding hydrogens is 228 g/mol. The lowest BCUT2D eigenvalue weighted by Crippen LogP contribution is -2.28. The molecule has 0 saturated heterocycles. The van der Waals surface area contributed by atoms with Crippen LogP contribution in [0.15, 0.2) is 6.33 Å². The molecular formula is C13H22N4O. The van der Waals surface area contributed by atoms with E-state index in [1.165, 1.54) is 38.4 Å². The van der Waals surface area contributed by atoms with Gasteiger partial charge in [0.15, 0.2) is 11.6 Å². The van der Waals surface area contributed by atoms with Crippen LogP contribution < -0.4 is 15.8 Å². The Bertz CT molecular complexity index is 391. The van der Waals surface area contributed by atoms with Crippen molar-refractivity contribution in [3.05, 3.63) is 6.33 Å². The summed E-state index contributed by atoms with van der Waals surface area (Å²) in [5.41, 5.74) is 5.77. The van der Waals surface area contributed by atoms with Crippen LogP contribution in [-0.4, -0.2) is 23.1 Å². The zero-order chi connectivity index (χ0) is 13.0. The number of aromatic nitrogens is 2. The van der Waals surface area contributed by atoms with Crippen LogP contribution in [0.25, 0.3) is 0 Å². The predicted octanol–water partition coefficient (Wildman–Crippen LogP) is 2.45. The van der Waals surface area contributed by atoms with Gasteiger partial charge < -0.3 is 15.8 Å². The van der Waals surface area contributed by atoms with Crippen LogP contribution in [0, 0.1) is 5.92 Å². The lowest BCUT2D eigenvalue weighted by molar-refractivity contribution is 0.327. The summed E-state index contributed by atoms with van der Waals surface area (Å²) in [6.45, 7) is 2.20. The van der Waals surface area contributed by atoms with Crippen LogP contribution >= 0.6 is 0 Å². The van der Waals surface area contributed by atoms with Crippen molar-refractivity contribution < 1.29 is 4.74 Å². The standard InChI is InChI=1S/C13H22N4O/c1-9(10-6-4-3-5-7-10)17-13-11(18-2)12(14)15-8-16-13/h8-10H,3-7H2,1-2H3,(H3,14,15,16,17). The molecule has 1 heterocycles. The van der Waals surface area contributed by atoms with Crippen molar-refractivity contribution in [2.24, 2.45) is 5.92 Å². The fraction of sp³-hybridized carbons (Fsp3) is 0.692. The second kappa shape index (κ2) is 5.89. The summed E-state index contributed by atoms with van der Waals surface area (Å²) in [6, 6.07) is 0.383. The molecule has 1 atom stereocenters. The summed E-state index contributed by atoms with van der Waals surface area (Å²) in [7, 11) is 1.59. The smallest absolute Gasteiger partial charge is 0.203 e. The molecule has 0 spiro atoms. The first-order valence-corrected chi connectivity index (χ1v) is 6.63. The molecule has 5 heteroatoms. The molecule has 1 aliphatic carbocycles. The zero-order valence-corrected chi connectivity index (χ0v) is 11.1. The largest absolute Gasteiger partial charge is 0.490 e. The van der Waals surface area contributed by atoms with Gasteiger partial charge in [0, 0.05) is 6.04 Å². The molecule has 2 rings (SSSR count). The molecule has 0 aromatic carbocycles. The normalized spacial score (nSPS) is 18.3. The van der Waals surface area contributed by atoms with Crippen LogP contribution in [0.5, 0.6) is 5.75 Å². The molecule has 5 nitrogen and oxygen atoms in total.